The van der Waals surface area contributed by atoms with Crippen molar-refractivity contribution < 1.29 is 33.5 Å². The molecule has 12 aromatic heterocycles. The first kappa shape index (κ1) is 84.9. The molecule has 15 aromatic rings. The van der Waals surface area contributed by atoms with Crippen LogP contribution in [-0.4, -0.2) is 67.3 Å². The Kier molecular flexibility index (Phi) is 28.7. The summed E-state index contributed by atoms with van der Waals surface area (Å²) in [7, 11) is 3.00. The first-order valence-electron chi connectivity index (χ1n) is 39.4. The number of hydrogen-bond donors (Lipinski definition) is 1. The Bertz CT molecular complexity index is 5810. The molecule has 2 aliphatic rings. The van der Waals surface area contributed by atoms with Crippen LogP contribution in [0.2, 0.25) is 0 Å². The molecule has 598 valence electrons. The second kappa shape index (κ2) is 39.6. The molecule has 0 unspecified atom stereocenters. The van der Waals surface area contributed by atoms with Crippen molar-refractivity contribution in [2.24, 2.45) is 0 Å². The summed E-state index contributed by atoms with van der Waals surface area (Å²) in [5.74, 6) is -0.964. The molecule has 3 aromatic carbocycles. The van der Waals surface area contributed by atoms with Gasteiger partial charge in [0.05, 0.1) is 36.9 Å². The number of ketones is 3. The number of nitrogens with one attached hydrogen (secondary N) is 1. The molecule has 1 N–H and O–H groups in total. The fraction of sp³-hybridized carbons (Fsp3) is 0.250. The van der Waals surface area contributed by atoms with E-state index < -0.39 is 5.97 Å². The van der Waals surface area contributed by atoms with Gasteiger partial charge in [-0.25, -0.2) is 4.79 Å². The number of aryl methyl sites for hydroxylation is 3. The minimum Gasteiger partial charge on any atom is -0.465 e. The van der Waals surface area contributed by atoms with E-state index in [0.29, 0.717) is 33.4 Å². The van der Waals surface area contributed by atoms with Crippen LogP contribution in [0, 0.1) is 0 Å². The smallest absolute Gasteiger partial charge is 0.338 e. The molecule has 17 rings (SSSR count). The van der Waals surface area contributed by atoms with Crippen molar-refractivity contribution in [1.82, 2.24) is 10.2 Å². The third-order valence-electron chi connectivity index (χ3n) is 20.4. The second-order valence-corrected chi connectivity index (χ2v) is 42.0. The highest BCUT2D eigenvalue weighted by atomic mass is 32.1. The summed E-state index contributed by atoms with van der Waals surface area (Å²) >= 11 is 22.0. The lowest BCUT2D eigenvalue weighted by Crippen LogP contribution is -2.38. The SMILES string of the molecule is C.CCCCCCc1ccc(-c2ccc(-c3ccc(-c4ccc(-c5ccc(C(=O)OC)c(C(C)=O)c5)s4)s3)s2)s1.CCCCCCc1ccc(-c2ccc(-c3ccc(-c4ccc(-c5ccc6c(c5)C(=O)CN(C)C6=O)s4)s3)s2)s1.CCCCCCc1ccc(-c2ccc(-c3ccc(-c4ccc(-c5ccc6c(c5)C(=O)CNC6=O)s4)s3)s2)s1. The van der Waals surface area contributed by atoms with Crippen LogP contribution in [0.4, 0.5) is 0 Å². The average Bonchev–Trinajstić information content (AvgIpc) is 1.56. The van der Waals surface area contributed by atoms with E-state index in [2.05, 4.69) is 172 Å². The van der Waals surface area contributed by atoms with Gasteiger partial charge in [0, 0.05) is 141 Å². The number of unbranched alkanes of at least 4 members (excludes halogenated alkanes) is 9. The van der Waals surface area contributed by atoms with Crippen LogP contribution in [0.15, 0.2) is 200 Å². The predicted molar refractivity (Wildman–Crippen MR) is 509 cm³/mol. The van der Waals surface area contributed by atoms with Gasteiger partial charge in [0.2, 0.25) is 0 Å². The number of carbonyl (C=O) groups excluding carboxylic acids is 6. The van der Waals surface area contributed by atoms with Crippen LogP contribution in [0.3, 0.4) is 0 Å². The van der Waals surface area contributed by atoms with Gasteiger partial charge in [-0.3, -0.25) is 24.0 Å². The number of likely N-dealkylation sites (N-methyl/N-ethyl adjacent to an activating group) is 1. The van der Waals surface area contributed by atoms with Crippen molar-refractivity contribution in [2.75, 3.05) is 27.2 Å². The third kappa shape index (κ3) is 20.2. The van der Waals surface area contributed by atoms with E-state index >= 15 is 0 Å². The lowest BCUT2D eigenvalue weighted by atomic mass is 9.95. The third-order valence-corrected chi connectivity index (χ3v) is 35.5. The fourth-order valence-corrected chi connectivity index (χ4v) is 27.1. The van der Waals surface area contributed by atoms with Crippen molar-refractivity contribution in [3.05, 3.63) is 248 Å². The predicted octanol–water partition coefficient (Wildman–Crippen LogP) is 31.0. The van der Waals surface area contributed by atoms with Crippen LogP contribution in [0.5, 0.6) is 0 Å². The molecule has 2 amide bonds. The molecule has 21 heteroatoms. The number of thiophene rings is 12. The fourth-order valence-electron chi connectivity index (χ4n) is 14.1. The number of carbonyl (C=O) groups is 6. The first-order valence-corrected chi connectivity index (χ1v) is 49.2. The van der Waals surface area contributed by atoms with E-state index in [-0.39, 0.29) is 49.7 Å². The highest BCUT2D eigenvalue weighted by molar-refractivity contribution is 7.31. The normalized spacial score (nSPS) is 12.4. The number of fused-ring (bicyclic) bond motifs is 2. The maximum absolute atomic E-state index is 12.6. The highest BCUT2D eigenvalue weighted by Crippen LogP contribution is 2.49. The summed E-state index contributed by atoms with van der Waals surface area (Å²) in [6.07, 6.45) is 19.2. The van der Waals surface area contributed by atoms with E-state index in [1.165, 1.54) is 218 Å². The van der Waals surface area contributed by atoms with E-state index in [1.54, 1.807) is 76.7 Å². The summed E-state index contributed by atoms with van der Waals surface area (Å²) in [6.45, 7) is 8.46. The van der Waals surface area contributed by atoms with Gasteiger partial charge in [-0.05, 0) is 244 Å². The van der Waals surface area contributed by atoms with Crippen molar-refractivity contribution in [3.8, 4) is 119 Å². The molecular formula is C96H90N2O7S12. The highest BCUT2D eigenvalue weighted by Gasteiger charge is 2.29. The molecule has 0 spiro atoms. The number of esters is 1. The maximum Gasteiger partial charge on any atom is 0.338 e. The van der Waals surface area contributed by atoms with Gasteiger partial charge in [0.1, 0.15) is 0 Å². The lowest BCUT2D eigenvalue weighted by molar-refractivity contribution is 0.0596. The number of ether oxygens (including phenoxy) is 1. The number of nitrogens with zero attached hydrogens (tertiary/aromatic N) is 1. The summed E-state index contributed by atoms with van der Waals surface area (Å²) in [6, 6.07) is 69.8. The van der Waals surface area contributed by atoms with Crippen LogP contribution in [0.1, 0.15) is 189 Å². The molecule has 0 saturated carbocycles. The van der Waals surface area contributed by atoms with Gasteiger partial charge in [-0.15, -0.1) is 136 Å². The average molecular weight is 1770 g/mol. The lowest BCUT2D eigenvalue weighted by Gasteiger charge is -2.23. The number of hydrogen-bond acceptors (Lipinski definition) is 19. The van der Waals surface area contributed by atoms with Crippen molar-refractivity contribution >= 4 is 171 Å². The van der Waals surface area contributed by atoms with Crippen molar-refractivity contribution in [2.45, 2.75) is 131 Å². The van der Waals surface area contributed by atoms with E-state index in [4.69, 9.17) is 4.74 Å². The summed E-state index contributed by atoms with van der Waals surface area (Å²) < 4.78 is 4.84. The zero-order chi connectivity index (χ0) is 80.3. The Morgan fingerprint density at radius 2 is 0.624 bits per heavy atom. The van der Waals surface area contributed by atoms with E-state index in [9.17, 15) is 28.8 Å². The quantitative estimate of drug-likeness (QED) is 0.0281. The number of methoxy groups -OCH3 is 1. The Balaban J connectivity index is 0.000000144. The molecule has 9 nitrogen and oxygen atoms in total. The summed E-state index contributed by atoms with van der Waals surface area (Å²) in [5, 5.41) is 2.63. The molecule has 0 aliphatic carbocycles. The van der Waals surface area contributed by atoms with Gasteiger partial charge < -0.3 is 15.0 Å². The second-order valence-electron chi connectivity index (χ2n) is 28.7. The minimum atomic E-state index is -0.497. The molecule has 0 bridgehead atoms. The van der Waals surface area contributed by atoms with Crippen LogP contribution >= 0.6 is 136 Å². The van der Waals surface area contributed by atoms with Gasteiger partial charge in [-0.2, -0.15) is 0 Å². The maximum atomic E-state index is 12.6. The number of benzene rings is 3. The van der Waals surface area contributed by atoms with Crippen LogP contribution in [-0.2, 0) is 24.0 Å². The Morgan fingerprint density at radius 1 is 0.333 bits per heavy atom. The van der Waals surface area contributed by atoms with E-state index in [0.717, 1.165) is 31.3 Å². The standard InChI is InChI=1S/C32H29NO2S4.C32H30O3S4.C31H27NO2S4.CH4/c1-3-4-5-6-7-21-9-11-26(36-21)27-14-15-30(38-27)31-17-16-29(39-31)28-13-12-25(37-28)20-8-10-22-23(18-20)24(34)19-33(2)32(22)35;1-4-5-6-7-8-22-10-12-26(36-22)27-15-16-30(38-27)31-18-17-29(39-31)28-14-13-25(37-28)21-9-11-23(32(34)35-3)24(19-21)20(2)33;1-2-3-4-5-6-20-8-10-25(35-20)26-13-14-29(37-26)30-16-15-28(38-30)27-12-11-24(36-27)19-7-9-21-22(17-19)23(33)18-32-31(21)34;/h8-18H,3-7,19H2,1-2H3;9-19H,4-8H2,1-3H3;7-17H,2-6,18H2,1H3,(H,32,34);1H4. The van der Waals surface area contributed by atoms with Gasteiger partial charge in [0.25, 0.3) is 11.8 Å². The molecule has 117 heavy (non-hydrogen) atoms. The number of rotatable bonds is 29. The molecule has 0 atom stereocenters. The van der Waals surface area contributed by atoms with Crippen molar-refractivity contribution in [3.63, 3.8) is 0 Å². The first-order chi connectivity index (χ1) is 56.5. The monoisotopic (exact) mass is 1770 g/mol. The van der Waals surface area contributed by atoms with Gasteiger partial charge in [0.15, 0.2) is 17.3 Å². The van der Waals surface area contributed by atoms with Gasteiger partial charge >= 0.3 is 5.97 Å². The number of amides is 2. The molecule has 0 saturated heterocycles. The zero-order valence-corrected chi connectivity index (χ0v) is 75.1. The molecule has 0 fully saturated rings. The topological polar surface area (TPSA) is 127 Å². The minimum absolute atomic E-state index is 0. The Hall–Kier alpha value is -8.52. The van der Waals surface area contributed by atoms with E-state index in [1.807, 2.05) is 121 Å². The molecular weight excluding hydrogens is 1680 g/mol. The Morgan fingerprint density at radius 3 is 0.957 bits per heavy atom. The van der Waals surface area contributed by atoms with Crippen LogP contribution < -0.4 is 5.32 Å². The molecule has 0 radical (unpaired) electrons. The molecule has 14 heterocycles. The number of Topliss-reactive ketones (excluding diaryl/α,β-unsaturated/α-hetero) is 3. The Labute approximate surface area is 733 Å². The van der Waals surface area contributed by atoms with Gasteiger partial charge in [-0.1, -0.05) is 104 Å². The van der Waals surface area contributed by atoms with Crippen LogP contribution in [0.25, 0.3) is 119 Å². The molecule has 2 aliphatic heterocycles. The largest absolute Gasteiger partial charge is 0.465 e. The summed E-state index contributed by atoms with van der Waals surface area (Å²) in [4.78, 5) is 106. The summed E-state index contributed by atoms with van der Waals surface area (Å²) in [5.41, 5.74) is 5.58. The van der Waals surface area contributed by atoms with Crippen molar-refractivity contribution in [1.29, 1.82) is 0 Å². The zero-order valence-electron chi connectivity index (χ0n) is 65.3.